The Kier molecular flexibility index (Phi) is 25.0. The van der Waals surface area contributed by atoms with E-state index in [0.29, 0.717) is 18.4 Å². The Morgan fingerprint density at radius 3 is 2.10 bits per heavy atom. The molecular weight excluding hydrogens is 646 g/mol. The van der Waals surface area contributed by atoms with Crippen LogP contribution >= 0.6 is 0 Å². The van der Waals surface area contributed by atoms with Crippen LogP contribution in [0.3, 0.4) is 0 Å². The van der Waals surface area contributed by atoms with Gasteiger partial charge in [-0.25, -0.2) is 0 Å². The quantitative estimate of drug-likeness (QED) is 0.0357. The second-order valence-corrected chi connectivity index (χ2v) is 12.9. The zero-order valence-electron chi connectivity index (χ0n) is 30.8. The summed E-state index contributed by atoms with van der Waals surface area (Å²) in [5.41, 5.74) is 11.3. The van der Waals surface area contributed by atoms with Gasteiger partial charge in [-0.1, -0.05) is 67.0 Å². The Bertz CT molecular complexity index is 1230. The molecule has 2 rings (SSSR count). The monoisotopic (exact) mass is 707 g/mol. The number of carboxylic acid groups (broad SMARTS) is 2. The van der Waals surface area contributed by atoms with Crippen LogP contribution in [0.4, 0.5) is 0 Å². The number of ether oxygens (including phenoxy) is 1. The second kappa shape index (κ2) is 26.0. The fourth-order valence-electron chi connectivity index (χ4n) is 5.21. The third-order valence-corrected chi connectivity index (χ3v) is 8.24. The molecule has 13 heteroatoms. The van der Waals surface area contributed by atoms with Gasteiger partial charge >= 0.3 is 17.9 Å². The SMILES string of the molecule is C/C=C(C)/C=C/C=C(C)/C=C/C1=C(C)CCCC1(C)C.C=NCCCCC(N)C(=O)O.C=NO.CC(=O)O[C@@H]1CC(C(=O)O)[C@@H](O)[C@H](O)C1O. The number of esters is 1. The third kappa shape index (κ3) is 19.9. The molecule has 8 N–H and O–H groups in total. The molecule has 6 atom stereocenters. The number of rotatable bonds is 12. The summed E-state index contributed by atoms with van der Waals surface area (Å²) in [6, 6.07) is -0.722. The number of carbonyl (C=O) groups excluding carboxylic acids is 1. The van der Waals surface area contributed by atoms with Crippen LogP contribution in [-0.4, -0.2) is 99.1 Å². The number of hydrogen-bond acceptors (Lipinski definition) is 11. The van der Waals surface area contributed by atoms with E-state index in [1.807, 2.05) is 0 Å². The van der Waals surface area contributed by atoms with Crippen LogP contribution in [0.25, 0.3) is 0 Å². The normalized spacial score (nSPS) is 24.0. The van der Waals surface area contributed by atoms with Crippen molar-refractivity contribution >= 4 is 31.3 Å². The van der Waals surface area contributed by atoms with E-state index in [1.54, 1.807) is 5.57 Å². The van der Waals surface area contributed by atoms with E-state index in [1.165, 1.54) is 36.0 Å². The molecule has 0 spiro atoms. The van der Waals surface area contributed by atoms with Gasteiger partial charge in [0.2, 0.25) is 0 Å². The number of nitrogens with zero attached hydrogens (tertiary/aromatic N) is 2. The number of aliphatic hydroxyl groups excluding tert-OH is 3. The lowest BCUT2D eigenvalue weighted by Crippen LogP contribution is -2.56. The minimum atomic E-state index is -1.64. The predicted octanol–water partition coefficient (Wildman–Crippen LogP) is 4.99. The van der Waals surface area contributed by atoms with Crippen molar-refractivity contribution in [2.24, 2.45) is 27.2 Å². The van der Waals surface area contributed by atoms with Gasteiger partial charge < -0.3 is 46.2 Å². The van der Waals surface area contributed by atoms with Gasteiger partial charge in [0, 0.05) is 26.6 Å². The van der Waals surface area contributed by atoms with E-state index in [0.717, 1.165) is 19.8 Å². The maximum absolute atomic E-state index is 10.8. The summed E-state index contributed by atoms with van der Waals surface area (Å²) >= 11 is 0. The molecule has 13 nitrogen and oxygen atoms in total. The molecule has 284 valence electrons. The maximum Gasteiger partial charge on any atom is 0.320 e. The first-order valence-electron chi connectivity index (χ1n) is 16.6. The Labute approximate surface area is 297 Å². The molecule has 2 aliphatic carbocycles. The van der Waals surface area contributed by atoms with Crippen LogP contribution in [-0.2, 0) is 19.1 Å². The van der Waals surface area contributed by atoms with Crippen LogP contribution in [0.1, 0.15) is 93.4 Å². The first kappa shape index (κ1) is 48.2. The van der Waals surface area contributed by atoms with E-state index in [-0.39, 0.29) is 6.42 Å². The summed E-state index contributed by atoms with van der Waals surface area (Å²) in [5, 5.41) is 54.8. The lowest BCUT2D eigenvalue weighted by molar-refractivity contribution is -0.192. The molecule has 0 radical (unpaired) electrons. The van der Waals surface area contributed by atoms with E-state index in [4.69, 9.17) is 21.2 Å². The largest absolute Gasteiger partial charge is 0.481 e. The number of oxime groups is 1. The Balaban J connectivity index is 0. The fourth-order valence-corrected chi connectivity index (χ4v) is 5.21. The second-order valence-electron chi connectivity index (χ2n) is 12.9. The zero-order valence-corrected chi connectivity index (χ0v) is 30.8. The highest BCUT2D eigenvalue weighted by Crippen LogP contribution is 2.40. The highest BCUT2D eigenvalue weighted by molar-refractivity contribution is 5.73. The van der Waals surface area contributed by atoms with E-state index in [2.05, 4.69) is 106 Å². The standard InChI is InChI=1S/C20H30.C9H14O7.C7H14N2O2.CH3NO/c1-7-16(2)10-8-11-17(3)13-14-19-18(4)12-9-15-20(19,5)6;1-3(10)16-5-2-4(9(14)15)6(11)8(13)7(5)12;1-9-5-3-2-4-6(8)7(10)11;1-2-3/h7-8,10-11,13-14H,9,12,15H2,1-6H3;4-8,11-13H,2H2,1H3,(H,14,15);6H,1-5,8H2,(H,10,11);3H,1H2/b10-8+,14-13+,16-7+,17-11+;;;/t;4?,5-,6-,7?,8+;;/m.1../s1. The fraction of sp³-hybridized carbons (Fsp3) is 0.595. The molecule has 50 heavy (non-hydrogen) atoms. The number of aliphatic hydroxyl groups is 3. The van der Waals surface area contributed by atoms with E-state index >= 15 is 0 Å². The zero-order chi connectivity index (χ0) is 39.0. The van der Waals surface area contributed by atoms with Gasteiger partial charge in [0.15, 0.2) is 0 Å². The molecule has 0 aliphatic heterocycles. The Hall–Kier alpha value is -3.91. The van der Waals surface area contributed by atoms with Crippen molar-refractivity contribution in [2.75, 3.05) is 6.54 Å². The molecular formula is C37H61N3O10. The molecule has 1 fully saturated rings. The van der Waals surface area contributed by atoms with Crippen molar-refractivity contribution in [3.8, 4) is 0 Å². The molecule has 0 heterocycles. The maximum atomic E-state index is 10.8. The van der Waals surface area contributed by atoms with Gasteiger partial charge in [-0.3, -0.25) is 14.4 Å². The molecule has 3 unspecified atom stereocenters. The van der Waals surface area contributed by atoms with Crippen molar-refractivity contribution in [2.45, 2.75) is 124 Å². The average molecular weight is 708 g/mol. The number of allylic oxidation sites excluding steroid dienone is 10. The van der Waals surface area contributed by atoms with Gasteiger partial charge in [-0.15, -0.1) is 5.16 Å². The summed E-state index contributed by atoms with van der Waals surface area (Å²) in [4.78, 5) is 35.3. The van der Waals surface area contributed by atoms with Gasteiger partial charge in [0.1, 0.15) is 24.4 Å². The topological polar surface area (TPSA) is 233 Å². The van der Waals surface area contributed by atoms with Crippen molar-refractivity contribution in [1.82, 2.24) is 0 Å². The summed E-state index contributed by atoms with van der Waals surface area (Å²) in [7, 11) is 0. The molecule has 2 aliphatic rings. The molecule has 0 bridgehead atoms. The highest BCUT2D eigenvalue weighted by Gasteiger charge is 2.47. The Morgan fingerprint density at radius 1 is 1.02 bits per heavy atom. The van der Waals surface area contributed by atoms with Gasteiger partial charge in [0.25, 0.3) is 0 Å². The number of unbranched alkanes of at least 4 members (excludes halogenated alkanes) is 1. The molecule has 0 aromatic carbocycles. The highest BCUT2D eigenvalue weighted by atomic mass is 16.6. The Morgan fingerprint density at radius 2 is 1.62 bits per heavy atom. The van der Waals surface area contributed by atoms with Crippen molar-refractivity contribution in [1.29, 1.82) is 0 Å². The van der Waals surface area contributed by atoms with Gasteiger partial charge in [0.05, 0.1) is 12.0 Å². The smallest absolute Gasteiger partial charge is 0.320 e. The average Bonchev–Trinajstić information content (AvgIpc) is 3.03. The first-order chi connectivity index (χ1) is 23.3. The summed E-state index contributed by atoms with van der Waals surface area (Å²) in [5.74, 6) is -4.19. The number of hydrogen-bond donors (Lipinski definition) is 7. The first-order valence-corrected chi connectivity index (χ1v) is 16.6. The van der Waals surface area contributed by atoms with Crippen LogP contribution in [0.2, 0.25) is 0 Å². The molecule has 0 aromatic heterocycles. The lowest BCUT2D eigenvalue weighted by Gasteiger charge is -2.37. The summed E-state index contributed by atoms with van der Waals surface area (Å²) < 4.78 is 4.68. The summed E-state index contributed by atoms with van der Waals surface area (Å²) in [6.45, 7) is 21.1. The number of aliphatic imine (C=N–C) groups is 1. The lowest BCUT2D eigenvalue weighted by atomic mass is 9.72. The van der Waals surface area contributed by atoms with Crippen molar-refractivity contribution < 1.29 is 49.9 Å². The van der Waals surface area contributed by atoms with Crippen LogP contribution < -0.4 is 5.73 Å². The summed E-state index contributed by atoms with van der Waals surface area (Å²) in [6.07, 6.45) is 13.2. The van der Waals surface area contributed by atoms with E-state index < -0.39 is 54.3 Å². The molecule has 0 saturated heterocycles. The van der Waals surface area contributed by atoms with Crippen molar-refractivity contribution in [3.05, 3.63) is 58.7 Å². The minimum absolute atomic E-state index is 0.228. The van der Waals surface area contributed by atoms with E-state index in [9.17, 15) is 29.7 Å². The number of carboxylic acids is 2. The van der Waals surface area contributed by atoms with Gasteiger partial charge in [-0.05, 0) is 83.9 Å². The number of aliphatic carboxylic acids is 2. The van der Waals surface area contributed by atoms with Crippen molar-refractivity contribution in [3.63, 3.8) is 0 Å². The third-order valence-electron chi connectivity index (χ3n) is 8.24. The number of nitrogens with two attached hydrogens (primary N) is 1. The molecule has 0 amide bonds. The minimum Gasteiger partial charge on any atom is -0.481 e. The molecule has 0 aromatic rings. The van der Waals surface area contributed by atoms with Crippen LogP contribution in [0, 0.1) is 11.3 Å². The predicted molar refractivity (Wildman–Crippen MR) is 196 cm³/mol. The van der Waals surface area contributed by atoms with Gasteiger partial charge in [-0.2, -0.15) is 0 Å². The van der Waals surface area contributed by atoms with Crippen LogP contribution in [0.5, 0.6) is 0 Å². The molecule has 1 saturated carbocycles. The number of carbonyl (C=O) groups is 3. The van der Waals surface area contributed by atoms with Crippen LogP contribution in [0.15, 0.2) is 68.9 Å².